The summed E-state index contributed by atoms with van der Waals surface area (Å²) in [6, 6.07) is 9.51. The minimum absolute atomic E-state index is 0. The fraction of sp³-hybridized carbons (Fsp3) is 0.231. The van der Waals surface area contributed by atoms with Crippen LogP contribution in [0.3, 0.4) is 0 Å². The van der Waals surface area contributed by atoms with Gasteiger partial charge in [-0.15, -0.1) is 0 Å². The van der Waals surface area contributed by atoms with Gasteiger partial charge < -0.3 is 21.6 Å². The topological polar surface area (TPSA) is 161 Å². The first kappa shape index (κ1) is 46.7. The summed E-state index contributed by atoms with van der Waals surface area (Å²) in [6.45, 7) is 26.5. The smallest absolute Gasteiger partial charge is 0 e. The molecule has 0 saturated carbocycles. The van der Waals surface area contributed by atoms with E-state index in [1.165, 1.54) is 13.2 Å². The number of rotatable bonds is 6. The molecule has 1 aliphatic carbocycles. The average Bonchev–Trinajstić information content (AvgIpc) is 3.15. The van der Waals surface area contributed by atoms with Crippen molar-refractivity contribution in [2.45, 2.75) is 19.8 Å². The molecule has 0 N–H and O–H groups in total. The van der Waals surface area contributed by atoms with Crippen LogP contribution in [0.1, 0.15) is 25.3 Å². The number of ether oxygens (including phenoxy) is 3. The Kier molecular flexibility index (Phi) is 43.7. The van der Waals surface area contributed by atoms with Gasteiger partial charge in [-0.05, 0) is 37.6 Å². The van der Waals surface area contributed by atoms with Crippen molar-refractivity contribution < 1.29 is 64.4 Å². The summed E-state index contributed by atoms with van der Waals surface area (Å²) in [5.74, 6) is -0.896. The van der Waals surface area contributed by atoms with Crippen LogP contribution in [0.25, 0.3) is 0 Å². The third kappa shape index (κ3) is 18.4. The monoisotopic (exact) mass is 549 g/mol. The van der Waals surface area contributed by atoms with Gasteiger partial charge in [-0.2, -0.15) is 0 Å². The molecule has 1 aromatic rings. The molecule has 37 heavy (non-hydrogen) atoms. The van der Waals surface area contributed by atoms with Crippen LogP contribution >= 0.6 is 0 Å². The Morgan fingerprint density at radius 3 is 1.62 bits per heavy atom. The number of benzene rings is 1. The van der Waals surface area contributed by atoms with Gasteiger partial charge in [0.1, 0.15) is 5.76 Å². The van der Waals surface area contributed by atoms with Gasteiger partial charge in [-0.3, -0.25) is 0 Å². The molecule has 0 spiro atoms. The van der Waals surface area contributed by atoms with Crippen LogP contribution in [0.4, 0.5) is 0 Å². The molecule has 0 heterocycles. The van der Waals surface area contributed by atoms with Gasteiger partial charge in [0.05, 0.1) is 25.9 Å². The summed E-state index contributed by atoms with van der Waals surface area (Å²) in [6.07, 6.45) is 4.89. The van der Waals surface area contributed by atoms with E-state index in [0.717, 1.165) is 5.56 Å². The van der Waals surface area contributed by atoms with Crippen molar-refractivity contribution in [3.63, 3.8) is 0 Å². The fourth-order valence-electron chi connectivity index (χ4n) is 2.55. The first-order valence-electron chi connectivity index (χ1n) is 9.21. The molecule has 1 aliphatic rings. The predicted molar refractivity (Wildman–Crippen MR) is 120 cm³/mol. The first-order valence-corrected chi connectivity index (χ1v) is 9.21. The maximum atomic E-state index is 12.5. The quantitative estimate of drug-likeness (QED) is 0.301. The molecule has 2 rings (SSSR count). The molecule has 0 aliphatic heterocycles. The number of methoxy groups -OCH3 is 1. The molecule has 11 heteroatoms. The Hall–Kier alpha value is -3.59. The van der Waals surface area contributed by atoms with E-state index in [1.807, 2.05) is 30.3 Å². The van der Waals surface area contributed by atoms with Crippen molar-refractivity contribution in [1.29, 1.82) is 0 Å². The van der Waals surface area contributed by atoms with Crippen LogP contribution in [-0.2, 0) is 64.4 Å². The van der Waals surface area contributed by atoms with E-state index in [9.17, 15) is 9.59 Å². The zero-order chi connectivity index (χ0) is 28.2. The number of esters is 2. The second-order valence-electron chi connectivity index (χ2n) is 5.30. The second kappa shape index (κ2) is 34.6. The molecule has 1 aromatic carbocycles. The van der Waals surface area contributed by atoms with Crippen molar-refractivity contribution in [2.24, 2.45) is 0 Å². The molecule has 0 saturated heterocycles. The average molecular weight is 549 g/mol. The van der Waals surface area contributed by atoms with Crippen LogP contribution in [0.5, 0.6) is 0 Å². The Balaban J connectivity index is -0.000000179. The van der Waals surface area contributed by atoms with Crippen LogP contribution < -0.4 is 0 Å². The summed E-state index contributed by atoms with van der Waals surface area (Å²) in [5, 5.41) is 0. The third-order valence-electron chi connectivity index (χ3n) is 3.69. The molecule has 0 radical (unpaired) electrons. The first-order chi connectivity index (χ1) is 17.1. The normalized spacial score (nSPS) is 11.6. The maximum Gasteiger partial charge on any atom is 0 e. The number of hydrogen-bond donors (Lipinski definition) is 0. The van der Waals surface area contributed by atoms with Gasteiger partial charge in [0.2, 0.25) is 0 Å². The molecule has 0 aromatic heterocycles. The maximum absolute atomic E-state index is 12.5. The molecule has 1 atom stereocenters. The molecule has 0 bridgehead atoms. The summed E-state index contributed by atoms with van der Waals surface area (Å²) in [5.41, 5.74) is 1.51. The summed E-state index contributed by atoms with van der Waals surface area (Å²) in [4.78, 5) is 24.7. The van der Waals surface area contributed by atoms with Gasteiger partial charge in [-0.1, -0.05) is 30.3 Å². The summed E-state index contributed by atoms with van der Waals surface area (Å²) < 4.78 is 53.1. The van der Waals surface area contributed by atoms with Crippen LogP contribution in [0.15, 0.2) is 65.5 Å². The van der Waals surface area contributed by atoms with E-state index in [2.05, 4.69) is 33.3 Å². The Morgan fingerprint density at radius 2 is 1.22 bits per heavy atom. The van der Waals surface area contributed by atoms with Gasteiger partial charge in [0.15, 0.2) is 0 Å². The van der Waals surface area contributed by atoms with Crippen molar-refractivity contribution in [2.75, 3.05) is 20.3 Å². The Bertz CT molecular complexity index is 901. The van der Waals surface area contributed by atoms with Gasteiger partial charge in [0.25, 0.3) is 0 Å². The number of carbonyl (C=O) groups excluding carboxylic acids is 2. The van der Waals surface area contributed by atoms with E-state index >= 15 is 0 Å². The van der Waals surface area contributed by atoms with Crippen LogP contribution in [0, 0.1) is 40.7 Å². The van der Waals surface area contributed by atoms with E-state index < -0.39 is 17.9 Å². The minimum Gasteiger partial charge on any atom is -0.358 e. The van der Waals surface area contributed by atoms with E-state index in [0.29, 0.717) is 11.3 Å². The van der Waals surface area contributed by atoms with Gasteiger partial charge >= 0.3 is 68.5 Å². The Morgan fingerprint density at radius 1 is 0.784 bits per heavy atom. The predicted octanol–water partition coefficient (Wildman–Crippen LogP) is 3.55. The van der Waals surface area contributed by atoms with Crippen molar-refractivity contribution in [3.8, 4) is 0 Å². The largest absolute Gasteiger partial charge is 0.358 e. The van der Waals surface area contributed by atoms with Crippen molar-refractivity contribution in [1.82, 2.24) is 0 Å². The minimum atomic E-state index is -0.513. The third-order valence-corrected chi connectivity index (χ3v) is 3.69. The van der Waals surface area contributed by atoms with E-state index in [4.69, 9.17) is 37.5 Å². The zero-order valence-electron chi connectivity index (χ0n) is 20.6. The molecular weight excluding hydrogens is 524 g/mol. The number of allylic oxidation sites excluding steroid dienone is 2. The zero-order valence-corrected chi connectivity index (χ0v) is 21.9. The van der Waals surface area contributed by atoms with Crippen molar-refractivity contribution in [3.05, 3.63) is 112 Å². The SMILES string of the molecule is CCOC(=O)C1=CC(OC)=C[C@@H](c2ccccc2)C(C(=O)OCC)=C1.[C-]#[O+].[C-]#[O+].[C-]#[O+].[C-]#[O+].[C-]#[O+].[CH3-].[Cr]. The van der Waals surface area contributed by atoms with Crippen LogP contribution in [-0.4, -0.2) is 32.3 Å². The van der Waals surface area contributed by atoms with Gasteiger partial charge in [-0.25, -0.2) is 9.59 Å². The molecular formula is C26H25CrO10-. The molecule has 0 unspecified atom stereocenters. The molecule has 0 fully saturated rings. The van der Waals surface area contributed by atoms with E-state index in [-0.39, 0.29) is 43.6 Å². The second-order valence-corrected chi connectivity index (χ2v) is 5.30. The van der Waals surface area contributed by atoms with Crippen LogP contribution in [0.2, 0.25) is 0 Å². The summed E-state index contributed by atoms with van der Waals surface area (Å²) >= 11 is 0. The molecule has 196 valence electrons. The Labute approximate surface area is 228 Å². The standard InChI is InChI=1S/C20H22O5.5CO.CH3.Cr/c1-4-24-19(21)15-11-16(23-3)13-17(14-9-7-6-8-10-14)18(12-15)20(22)25-5-2;5*1-2;;/h6-13,17H,4-5H2,1-3H3;;;;;;1H3;/q;;;;;;-1;/t17-;;;;;;;/m0......./s1. The number of carbonyl (C=O) groups is 2. The fourth-order valence-corrected chi connectivity index (χ4v) is 2.55. The number of hydrogen-bond acceptors (Lipinski definition) is 5. The molecule has 0 amide bonds. The van der Waals surface area contributed by atoms with Gasteiger partial charge in [0, 0.05) is 28.9 Å². The summed E-state index contributed by atoms with van der Waals surface area (Å²) in [7, 11) is 1.52. The molecule has 10 nitrogen and oxygen atoms in total. The van der Waals surface area contributed by atoms with Crippen molar-refractivity contribution >= 4 is 11.9 Å². The van der Waals surface area contributed by atoms with E-state index in [1.54, 1.807) is 26.0 Å².